The molecule has 0 aromatic heterocycles. The summed E-state index contributed by atoms with van der Waals surface area (Å²) in [5.74, 6) is 2.24. The van der Waals surface area contributed by atoms with Crippen molar-refractivity contribution in [2.24, 2.45) is 0 Å². The zero-order chi connectivity index (χ0) is 19.4. The summed E-state index contributed by atoms with van der Waals surface area (Å²) in [5.41, 5.74) is 0.914. The van der Waals surface area contributed by atoms with Gasteiger partial charge in [0.05, 0.1) is 24.9 Å². The lowest BCUT2D eigenvalue weighted by Gasteiger charge is -2.31. The summed E-state index contributed by atoms with van der Waals surface area (Å²) < 4.78 is 16.8. The molecule has 0 bridgehead atoms. The van der Waals surface area contributed by atoms with Crippen LogP contribution in [0.2, 0.25) is 0 Å². The second-order valence-electron chi connectivity index (χ2n) is 6.02. The number of ether oxygens (including phenoxy) is 3. The second-order valence-corrected chi connectivity index (χ2v) is 7.18. The van der Waals surface area contributed by atoms with Crippen LogP contribution in [0.15, 0.2) is 66.7 Å². The van der Waals surface area contributed by atoms with Crippen LogP contribution in [0.25, 0.3) is 0 Å². The van der Waals surface area contributed by atoms with Crippen molar-refractivity contribution in [1.82, 2.24) is 0 Å². The molecular formula is C22H21IO4. The highest BCUT2D eigenvalue weighted by Gasteiger charge is 2.34. The Labute approximate surface area is 172 Å². The standard InChI is InChI=1S/C22H21IO4/c1-25-18-9-4-15(5-10-18)22(24,16-6-11-19(26-2)12-7-16)17-8-13-21(27-3)20(23)14-17/h4-14,24H,1-3H3. The number of benzene rings is 3. The third kappa shape index (κ3) is 3.75. The predicted octanol–water partition coefficient (Wildman–Crippen LogP) is 4.60. The summed E-state index contributed by atoms with van der Waals surface area (Å²) >= 11 is 2.21. The average molecular weight is 476 g/mol. The summed E-state index contributed by atoms with van der Waals surface area (Å²) in [6.45, 7) is 0. The minimum absolute atomic E-state index is 0.736. The molecule has 0 unspecified atom stereocenters. The highest BCUT2D eigenvalue weighted by atomic mass is 127. The van der Waals surface area contributed by atoms with Gasteiger partial charge in [0.25, 0.3) is 0 Å². The van der Waals surface area contributed by atoms with Crippen LogP contribution in [0.4, 0.5) is 0 Å². The largest absolute Gasteiger partial charge is 0.497 e. The van der Waals surface area contributed by atoms with Crippen molar-refractivity contribution in [1.29, 1.82) is 0 Å². The molecule has 0 aliphatic carbocycles. The Morgan fingerprint density at radius 2 is 1.11 bits per heavy atom. The third-order valence-electron chi connectivity index (χ3n) is 4.59. The molecule has 0 atom stereocenters. The molecule has 0 amide bonds. The van der Waals surface area contributed by atoms with Crippen molar-refractivity contribution in [3.63, 3.8) is 0 Å². The minimum atomic E-state index is -1.33. The maximum atomic E-state index is 11.9. The lowest BCUT2D eigenvalue weighted by molar-refractivity contribution is 0.125. The van der Waals surface area contributed by atoms with Crippen molar-refractivity contribution >= 4 is 22.6 Å². The number of hydrogen-bond acceptors (Lipinski definition) is 4. The van der Waals surface area contributed by atoms with Crippen LogP contribution in [0, 0.1) is 3.57 Å². The first kappa shape index (κ1) is 19.5. The molecule has 5 heteroatoms. The second kappa shape index (κ2) is 8.19. The molecule has 1 N–H and O–H groups in total. The summed E-state index contributed by atoms with van der Waals surface area (Å²) in [6.07, 6.45) is 0. The van der Waals surface area contributed by atoms with E-state index in [2.05, 4.69) is 22.6 Å². The highest BCUT2D eigenvalue weighted by Crippen LogP contribution is 2.39. The van der Waals surface area contributed by atoms with Crippen molar-refractivity contribution in [2.75, 3.05) is 21.3 Å². The molecule has 0 saturated carbocycles. The first-order valence-corrected chi connectivity index (χ1v) is 9.46. The van der Waals surface area contributed by atoms with E-state index in [0.29, 0.717) is 0 Å². The van der Waals surface area contributed by atoms with E-state index in [0.717, 1.165) is 37.5 Å². The highest BCUT2D eigenvalue weighted by molar-refractivity contribution is 14.1. The van der Waals surface area contributed by atoms with Crippen molar-refractivity contribution in [3.05, 3.63) is 87.0 Å². The Hall–Kier alpha value is -2.25. The molecule has 3 aromatic rings. The third-order valence-corrected chi connectivity index (χ3v) is 5.43. The number of halogens is 1. The Balaban J connectivity index is 2.19. The van der Waals surface area contributed by atoms with Crippen molar-refractivity contribution in [3.8, 4) is 17.2 Å². The zero-order valence-electron chi connectivity index (χ0n) is 15.4. The number of rotatable bonds is 6. The number of hydrogen-bond donors (Lipinski definition) is 1. The Kier molecular flexibility index (Phi) is 5.92. The van der Waals surface area contributed by atoms with E-state index in [4.69, 9.17) is 14.2 Å². The lowest BCUT2D eigenvalue weighted by Crippen LogP contribution is -2.29. The maximum absolute atomic E-state index is 11.9. The van der Waals surface area contributed by atoms with Crippen molar-refractivity contribution < 1.29 is 19.3 Å². The van der Waals surface area contributed by atoms with Crippen LogP contribution in [0.5, 0.6) is 17.2 Å². The van der Waals surface area contributed by atoms with Gasteiger partial charge in [-0.3, -0.25) is 0 Å². The minimum Gasteiger partial charge on any atom is -0.497 e. The summed E-state index contributed by atoms with van der Waals surface area (Å²) in [4.78, 5) is 0. The summed E-state index contributed by atoms with van der Waals surface area (Å²) in [7, 11) is 4.88. The van der Waals surface area contributed by atoms with E-state index in [-0.39, 0.29) is 0 Å². The van der Waals surface area contributed by atoms with Crippen LogP contribution in [-0.4, -0.2) is 26.4 Å². The molecule has 140 valence electrons. The molecule has 0 aliphatic rings. The fourth-order valence-corrected chi connectivity index (χ4v) is 3.79. The van der Waals surface area contributed by atoms with Crippen molar-refractivity contribution in [2.45, 2.75) is 5.60 Å². The molecule has 0 spiro atoms. The summed E-state index contributed by atoms with van der Waals surface area (Å²) in [6, 6.07) is 20.6. The van der Waals surface area contributed by atoms with Gasteiger partial charge in [0.2, 0.25) is 0 Å². The van der Waals surface area contributed by atoms with E-state index < -0.39 is 5.60 Å². The molecule has 3 aromatic carbocycles. The van der Waals surface area contributed by atoms with Gasteiger partial charge in [-0.15, -0.1) is 0 Å². The van der Waals surface area contributed by atoms with Crippen LogP contribution >= 0.6 is 22.6 Å². The molecule has 0 aliphatic heterocycles. The monoisotopic (exact) mass is 476 g/mol. The van der Waals surface area contributed by atoms with E-state index in [1.54, 1.807) is 21.3 Å². The van der Waals surface area contributed by atoms with Crippen LogP contribution < -0.4 is 14.2 Å². The Morgan fingerprint density at radius 3 is 1.48 bits per heavy atom. The molecule has 27 heavy (non-hydrogen) atoms. The molecule has 3 rings (SSSR count). The van der Waals surface area contributed by atoms with Gasteiger partial charge in [0, 0.05) is 0 Å². The smallest absolute Gasteiger partial charge is 0.140 e. The first-order chi connectivity index (χ1) is 13.0. The predicted molar refractivity (Wildman–Crippen MR) is 114 cm³/mol. The van der Waals surface area contributed by atoms with E-state index in [9.17, 15) is 5.11 Å². The molecule has 0 radical (unpaired) electrons. The topological polar surface area (TPSA) is 47.9 Å². The van der Waals surface area contributed by atoms with Gasteiger partial charge in [-0.05, 0) is 75.7 Å². The van der Waals surface area contributed by atoms with Gasteiger partial charge >= 0.3 is 0 Å². The molecule has 0 heterocycles. The summed E-state index contributed by atoms with van der Waals surface area (Å²) in [5, 5.41) is 11.9. The molecular weight excluding hydrogens is 455 g/mol. The maximum Gasteiger partial charge on any atom is 0.140 e. The van der Waals surface area contributed by atoms with Gasteiger partial charge in [0.1, 0.15) is 22.8 Å². The lowest BCUT2D eigenvalue weighted by atomic mass is 9.80. The fourth-order valence-electron chi connectivity index (χ4n) is 3.06. The molecule has 4 nitrogen and oxygen atoms in total. The normalized spacial score (nSPS) is 11.1. The van der Waals surface area contributed by atoms with E-state index in [1.807, 2.05) is 66.7 Å². The van der Waals surface area contributed by atoms with Gasteiger partial charge < -0.3 is 19.3 Å². The van der Waals surface area contributed by atoms with Gasteiger partial charge in [-0.2, -0.15) is 0 Å². The SMILES string of the molecule is COc1ccc(C(O)(c2ccc(OC)cc2)c2ccc(OC)c(I)c2)cc1. The quantitative estimate of drug-likeness (QED) is 0.418. The number of methoxy groups -OCH3 is 3. The van der Waals surface area contributed by atoms with Crippen LogP contribution in [-0.2, 0) is 5.60 Å². The number of aliphatic hydroxyl groups is 1. The van der Waals surface area contributed by atoms with Gasteiger partial charge in [0.15, 0.2) is 0 Å². The van der Waals surface area contributed by atoms with E-state index >= 15 is 0 Å². The molecule has 0 fully saturated rings. The van der Waals surface area contributed by atoms with Crippen LogP contribution in [0.3, 0.4) is 0 Å². The van der Waals surface area contributed by atoms with E-state index in [1.165, 1.54) is 0 Å². The fraction of sp³-hybridized carbons (Fsp3) is 0.182. The first-order valence-electron chi connectivity index (χ1n) is 8.38. The van der Waals surface area contributed by atoms with Crippen LogP contribution in [0.1, 0.15) is 16.7 Å². The Bertz CT molecular complexity index is 857. The Morgan fingerprint density at radius 1 is 0.667 bits per heavy atom. The molecule has 0 saturated heterocycles. The van der Waals surface area contributed by atoms with Gasteiger partial charge in [-0.1, -0.05) is 30.3 Å². The average Bonchev–Trinajstić information content (AvgIpc) is 2.73. The van der Waals surface area contributed by atoms with Gasteiger partial charge in [-0.25, -0.2) is 0 Å². The zero-order valence-corrected chi connectivity index (χ0v) is 17.6.